The van der Waals surface area contributed by atoms with E-state index in [9.17, 15) is 4.79 Å². The SMILES string of the molecule is Cc1nn(C)c(C)c1-c1n[nH]c(C(=O)O)c1I. The molecule has 0 spiro atoms. The van der Waals surface area contributed by atoms with Crippen molar-refractivity contribution in [2.75, 3.05) is 0 Å². The molecular weight excluding hydrogens is 335 g/mol. The van der Waals surface area contributed by atoms with Gasteiger partial charge in [-0.15, -0.1) is 0 Å². The normalized spacial score (nSPS) is 10.8. The Morgan fingerprint density at radius 1 is 1.47 bits per heavy atom. The van der Waals surface area contributed by atoms with Crippen molar-refractivity contribution in [2.24, 2.45) is 7.05 Å². The second-order valence-electron chi connectivity index (χ2n) is 3.74. The molecule has 17 heavy (non-hydrogen) atoms. The Kier molecular flexibility index (Phi) is 2.94. The van der Waals surface area contributed by atoms with Crippen molar-refractivity contribution in [1.82, 2.24) is 20.0 Å². The summed E-state index contributed by atoms with van der Waals surface area (Å²) in [5.74, 6) is -1.01. The first-order valence-corrected chi connectivity index (χ1v) is 5.99. The second kappa shape index (κ2) is 4.13. The zero-order valence-electron chi connectivity index (χ0n) is 9.58. The van der Waals surface area contributed by atoms with Crippen LogP contribution >= 0.6 is 22.6 Å². The van der Waals surface area contributed by atoms with Gasteiger partial charge in [-0.2, -0.15) is 10.2 Å². The number of carboxylic acids is 1. The molecule has 2 N–H and O–H groups in total. The maximum Gasteiger partial charge on any atom is 0.355 e. The standard InChI is InChI=1S/C10H11IN4O2/c1-4-6(5(2)15(3)14-4)8-7(11)9(10(16)17)13-12-8/h1-3H3,(H,12,13)(H,16,17). The molecule has 0 amide bonds. The lowest BCUT2D eigenvalue weighted by atomic mass is 10.1. The molecule has 2 rings (SSSR count). The summed E-state index contributed by atoms with van der Waals surface area (Å²) in [6.07, 6.45) is 0. The lowest BCUT2D eigenvalue weighted by Crippen LogP contribution is -1.98. The van der Waals surface area contributed by atoms with E-state index >= 15 is 0 Å². The molecule has 2 aromatic heterocycles. The Morgan fingerprint density at radius 2 is 2.12 bits per heavy atom. The summed E-state index contributed by atoms with van der Waals surface area (Å²) in [6, 6.07) is 0. The van der Waals surface area contributed by atoms with E-state index in [0.717, 1.165) is 17.0 Å². The van der Waals surface area contributed by atoms with Crippen LogP contribution in [0.4, 0.5) is 0 Å². The minimum Gasteiger partial charge on any atom is -0.476 e. The van der Waals surface area contributed by atoms with Crippen LogP contribution in [0.5, 0.6) is 0 Å². The van der Waals surface area contributed by atoms with Gasteiger partial charge in [0.25, 0.3) is 0 Å². The zero-order chi connectivity index (χ0) is 12.7. The molecule has 0 unspecified atom stereocenters. The van der Waals surface area contributed by atoms with Crippen molar-refractivity contribution < 1.29 is 9.90 Å². The van der Waals surface area contributed by atoms with Crippen LogP contribution in [-0.2, 0) is 7.05 Å². The number of rotatable bonds is 2. The molecule has 0 aliphatic carbocycles. The van der Waals surface area contributed by atoms with Crippen molar-refractivity contribution in [2.45, 2.75) is 13.8 Å². The van der Waals surface area contributed by atoms with Crippen LogP contribution in [0.2, 0.25) is 0 Å². The highest BCUT2D eigenvalue weighted by Crippen LogP contribution is 2.30. The number of nitrogens with one attached hydrogen (secondary N) is 1. The number of carbonyl (C=O) groups is 1. The zero-order valence-corrected chi connectivity index (χ0v) is 11.7. The molecule has 0 atom stereocenters. The molecule has 2 aromatic rings. The number of aryl methyl sites for hydroxylation is 2. The van der Waals surface area contributed by atoms with E-state index in [2.05, 4.69) is 15.3 Å². The van der Waals surface area contributed by atoms with Crippen LogP contribution in [-0.4, -0.2) is 31.1 Å². The lowest BCUT2D eigenvalue weighted by Gasteiger charge is -1.98. The first-order valence-electron chi connectivity index (χ1n) is 4.91. The molecule has 0 saturated heterocycles. The van der Waals surface area contributed by atoms with Crippen LogP contribution in [0.3, 0.4) is 0 Å². The predicted octanol–water partition coefficient (Wildman–Crippen LogP) is 1.73. The van der Waals surface area contributed by atoms with Crippen LogP contribution in [0.1, 0.15) is 21.9 Å². The molecule has 0 saturated carbocycles. The molecule has 0 bridgehead atoms. The lowest BCUT2D eigenvalue weighted by molar-refractivity contribution is 0.0689. The summed E-state index contributed by atoms with van der Waals surface area (Å²) in [4.78, 5) is 10.9. The van der Waals surface area contributed by atoms with Gasteiger partial charge in [0.2, 0.25) is 0 Å². The molecule has 2 heterocycles. The summed E-state index contributed by atoms with van der Waals surface area (Å²) < 4.78 is 2.37. The number of aromatic carboxylic acids is 1. The molecular formula is C10H11IN4O2. The van der Waals surface area contributed by atoms with E-state index in [1.807, 2.05) is 43.5 Å². The van der Waals surface area contributed by atoms with Crippen LogP contribution in [0.25, 0.3) is 11.3 Å². The Morgan fingerprint density at radius 3 is 2.53 bits per heavy atom. The minimum atomic E-state index is -1.01. The quantitative estimate of drug-likeness (QED) is 0.812. The minimum absolute atomic E-state index is 0.114. The van der Waals surface area contributed by atoms with E-state index in [4.69, 9.17) is 5.11 Å². The van der Waals surface area contributed by atoms with Gasteiger partial charge in [-0.25, -0.2) is 4.79 Å². The van der Waals surface area contributed by atoms with Crippen LogP contribution in [0.15, 0.2) is 0 Å². The number of H-pyrrole nitrogens is 1. The third kappa shape index (κ3) is 1.84. The monoisotopic (exact) mass is 346 g/mol. The number of aromatic nitrogens is 4. The Labute approximate surface area is 111 Å². The van der Waals surface area contributed by atoms with Gasteiger partial charge in [-0.05, 0) is 36.4 Å². The molecule has 0 aromatic carbocycles. The average Bonchev–Trinajstić information content (AvgIpc) is 2.70. The van der Waals surface area contributed by atoms with E-state index < -0.39 is 5.97 Å². The molecule has 0 radical (unpaired) electrons. The van der Waals surface area contributed by atoms with Crippen LogP contribution in [0, 0.1) is 17.4 Å². The molecule has 0 aliphatic rings. The molecule has 7 heteroatoms. The first kappa shape index (κ1) is 12.1. The third-order valence-electron chi connectivity index (χ3n) is 2.67. The van der Waals surface area contributed by atoms with Gasteiger partial charge in [-0.1, -0.05) is 0 Å². The average molecular weight is 346 g/mol. The van der Waals surface area contributed by atoms with Gasteiger partial charge in [0.1, 0.15) is 5.69 Å². The smallest absolute Gasteiger partial charge is 0.355 e. The van der Waals surface area contributed by atoms with E-state index in [-0.39, 0.29) is 5.69 Å². The Hall–Kier alpha value is -1.38. The Bertz CT molecular complexity index is 600. The predicted molar refractivity (Wildman–Crippen MR) is 69.9 cm³/mol. The van der Waals surface area contributed by atoms with Crippen molar-refractivity contribution in [3.05, 3.63) is 20.7 Å². The fraction of sp³-hybridized carbons (Fsp3) is 0.300. The number of nitrogens with zero attached hydrogens (tertiary/aromatic N) is 3. The largest absolute Gasteiger partial charge is 0.476 e. The van der Waals surface area contributed by atoms with Crippen molar-refractivity contribution in [3.63, 3.8) is 0 Å². The van der Waals surface area contributed by atoms with Crippen molar-refractivity contribution in [3.8, 4) is 11.3 Å². The topological polar surface area (TPSA) is 83.8 Å². The van der Waals surface area contributed by atoms with Crippen molar-refractivity contribution in [1.29, 1.82) is 0 Å². The van der Waals surface area contributed by atoms with E-state index in [1.165, 1.54) is 0 Å². The van der Waals surface area contributed by atoms with Gasteiger partial charge in [0.15, 0.2) is 5.69 Å². The summed E-state index contributed by atoms with van der Waals surface area (Å²) in [5, 5.41) is 19.9. The van der Waals surface area contributed by atoms with Crippen LogP contribution < -0.4 is 0 Å². The summed E-state index contributed by atoms with van der Waals surface area (Å²) in [5.41, 5.74) is 3.45. The highest BCUT2D eigenvalue weighted by atomic mass is 127. The van der Waals surface area contributed by atoms with Gasteiger partial charge in [-0.3, -0.25) is 9.78 Å². The highest BCUT2D eigenvalue weighted by molar-refractivity contribution is 14.1. The van der Waals surface area contributed by atoms with Gasteiger partial charge >= 0.3 is 5.97 Å². The number of halogens is 1. The van der Waals surface area contributed by atoms with Crippen molar-refractivity contribution >= 4 is 28.6 Å². The molecule has 0 fully saturated rings. The maximum atomic E-state index is 10.9. The van der Waals surface area contributed by atoms with E-state index in [1.54, 1.807) is 4.68 Å². The number of hydrogen-bond acceptors (Lipinski definition) is 3. The highest BCUT2D eigenvalue weighted by Gasteiger charge is 2.22. The molecule has 0 aliphatic heterocycles. The number of carboxylic acid groups (broad SMARTS) is 1. The summed E-state index contributed by atoms with van der Waals surface area (Å²) >= 11 is 1.99. The summed E-state index contributed by atoms with van der Waals surface area (Å²) in [7, 11) is 1.85. The van der Waals surface area contributed by atoms with Gasteiger partial charge in [0, 0.05) is 18.3 Å². The fourth-order valence-electron chi connectivity index (χ4n) is 1.75. The third-order valence-corrected chi connectivity index (χ3v) is 3.72. The summed E-state index contributed by atoms with van der Waals surface area (Å²) in [6.45, 7) is 3.81. The molecule has 6 nitrogen and oxygen atoms in total. The second-order valence-corrected chi connectivity index (χ2v) is 4.81. The maximum absolute atomic E-state index is 10.9. The molecule has 90 valence electrons. The van der Waals surface area contributed by atoms with Gasteiger partial charge < -0.3 is 5.11 Å². The van der Waals surface area contributed by atoms with Gasteiger partial charge in [0.05, 0.1) is 9.26 Å². The Balaban J connectivity index is 2.65. The van der Waals surface area contributed by atoms with E-state index in [0.29, 0.717) is 9.26 Å². The first-order chi connectivity index (χ1) is 7.93. The fourth-order valence-corrected chi connectivity index (χ4v) is 2.49. The number of aromatic amines is 1. The number of hydrogen-bond donors (Lipinski definition) is 2.